The van der Waals surface area contributed by atoms with E-state index in [4.69, 9.17) is 11.5 Å². The maximum absolute atomic E-state index is 10.7. The lowest BCUT2D eigenvalue weighted by atomic mass is 9.95. The minimum absolute atomic E-state index is 0.00432. The first-order valence-electron chi connectivity index (χ1n) is 6.68. The second kappa shape index (κ2) is 7.17. The SMILES string of the molecule is CCC(C)c1ccc(C(N)CCCC(N)=O)cc1. The summed E-state index contributed by atoms with van der Waals surface area (Å²) >= 11 is 0. The first-order valence-corrected chi connectivity index (χ1v) is 6.68. The highest BCUT2D eigenvalue weighted by Gasteiger charge is 2.08. The molecule has 3 nitrogen and oxygen atoms in total. The van der Waals surface area contributed by atoms with E-state index in [1.165, 1.54) is 5.56 Å². The molecule has 0 radical (unpaired) electrons. The molecule has 0 saturated heterocycles. The Morgan fingerprint density at radius 2 is 1.78 bits per heavy atom. The van der Waals surface area contributed by atoms with E-state index in [0.717, 1.165) is 24.8 Å². The quantitative estimate of drug-likeness (QED) is 0.779. The second-order valence-corrected chi connectivity index (χ2v) is 4.94. The number of primary amides is 1. The Labute approximate surface area is 110 Å². The third-order valence-corrected chi connectivity index (χ3v) is 3.48. The Hall–Kier alpha value is -1.35. The topological polar surface area (TPSA) is 69.1 Å². The van der Waals surface area contributed by atoms with Crippen molar-refractivity contribution in [2.24, 2.45) is 11.5 Å². The Morgan fingerprint density at radius 3 is 2.28 bits per heavy atom. The van der Waals surface area contributed by atoms with Crippen molar-refractivity contribution in [2.45, 2.75) is 51.5 Å². The van der Waals surface area contributed by atoms with Crippen LogP contribution in [0.2, 0.25) is 0 Å². The summed E-state index contributed by atoms with van der Waals surface area (Å²) in [4.78, 5) is 10.7. The van der Waals surface area contributed by atoms with E-state index in [2.05, 4.69) is 38.1 Å². The summed E-state index contributed by atoms with van der Waals surface area (Å²) < 4.78 is 0. The van der Waals surface area contributed by atoms with Gasteiger partial charge in [0.15, 0.2) is 0 Å². The van der Waals surface area contributed by atoms with Gasteiger partial charge in [0.25, 0.3) is 0 Å². The van der Waals surface area contributed by atoms with E-state index in [1.54, 1.807) is 0 Å². The number of rotatable bonds is 7. The van der Waals surface area contributed by atoms with Crippen LogP contribution in [0.3, 0.4) is 0 Å². The van der Waals surface area contributed by atoms with Crippen LogP contribution in [-0.4, -0.2) is 5.91 Å². The summed E-state index contributed by atoms with van der Waals surface area (Å²) in [5.41, 5.74) is 13.7. The van der Waals surface area contributed by atoms with E-state index in [-0.39, 0.29) is 11.9 Å². The van der Waals surface area contributed by atoms with Crippen molar-refractivity contribution in [3.8, 4) is 0 Å². The van der Waals surface area contributed by atoms with Gasteiger partial charge in [0.1, 0.15) is 0 Å². The lowest BCUT2D eigenvalue weighted by Crippen LogP contribution is -2.14. The van der Waals surface area contributed by atoms with Gasteiger partial charge in [-0.3, -0.25) is 4.79 Å². The smallest absolute Gasteiger partial charge is 0.217 e. The van der Waals surface area contributed by atoms with Gasteiger partial charge < -0.3 is 11.5 Å². The van der Waals surface area contributed by atoms with Gasteiger partial charge in [0.2, 0.25) is 5.91 Å². The van der Waals surface area contributed by atoms with Gasteiger partial charge in [-0.25, -0.2) is 0 Å². The Bertz CT molecular complexity index is 373. The van der Waals surface area contributed by atoms with Crippen LogP contribution in [0.4, 0.5) is 0 Å². The highest BCUT2D eigenvalue weighted by molar-refractivity contribution is 5.73. The first kappa shape index (κ1) is 14.7. The normalized spacial score (nSPS) is 14.2. The molecule has 1 aromatic rings. The molecule has 100 valence electrons. The van der Waals surface area contributed by atoms with E-state index in [9.17, 15) is 4.79 Å². The number of carbonyl (C=O) groups excluding carboxylic acids is 1. The minimum Gasteiger partial charge on any atom is -0.370 e. The third kappa shape index (κ3) is 4.49. The van der Waals surface area contributed by atoms with Crippen molar-refractivity contribution in [3.63, 3.8) is 0 Å². The van der Waals surface area contributed by atoms with Crippen LogP contribution in [0, 0.1) is 0 Å². The molecule has 3 heteroatoms. The van der Waals surface area contributed by atoms with Gasteiger partial charge in [-0.2, -0.15) is 0 Å². The van der Waals surface area contributed by atoms with Crippen LogP contribution in [-0.2, 0) is 4.79 Å². The molecule has 0 aliphatic rings. The van der Waals surface area contributed by atoms with Gasteiger partial charge in [-0.05, 0) is 36.3 Å². The predicted octanol–water partition coefficient (Wildman–Crippen LogP) is 2.86. The predicted molar refractivity (Wildman–Crippen MR) is 75.1 cm³/mol. The molecular weight excluding hydrogens is 224 g/mol. The molecule has 0 heterocycles. The zero-order chi connectivity index (χ0) is 13.5. The van der Waals surface area contributed by atoms with E-state index in [1.807, 2.05) is 0 Å². The van der Waals surface area contributed by atoms with E-state index in [0.29, 0.717) is 12.3 Å². The molecule has 0 fully saturated rings. The first-order chi connectivity index (χ1) is 8.54. The molecule has 0 saturated carbocycles. The van der Waals surface area contributed by atoms with Crippen LogP contribution in [0.25, 0.3) is 0 Å². The van der Waals surface area contributed by atoms with Gasteiger partial charge in [-0.15, -0.1) is 0 Å². The highest BCUT2D eigenvalue weighted by Crippen LogP contribution is 2.22. The summed E-state index contributed by atoms with van der Waals surface area (Å²) in [6, 6.07) is 8.48. The van der Waals surface area contributed by atoms with Gasteiger partial charge in [0, 0.05) is 12.5 Å². The molecule has 0 bridgehead atoms. The van der Waals surface area contributed by atoms with Crippen molar-refractivity contribution in [2.75, 3.05) is 0 Å². The van der Waals surface area contributed by atoms with Crippen LogP contribution in [0.1, 0.15) is 62.6 Å². The van der Waals surface area contributed by atoms with Gasteiger partial charge >= 0.3 is 0 Å². The average Bonchev–Trinajstić information content (AvgIpc) is 2.37. The van der Waals surface area contributed by atoms with Crippen molar-refractivity contribution >= 4 is 5.91 Å². The monoisotopic (exact) mass is 248 g/mol. The number of carbonyl (C=O) groups is 1. The van der Waals surface area contributed by atoms with Gasteiger partial charge in [-0.1, -0.05) is 38.1 Å². The van der Waals surface area contributed by atoms with Crippen LogP contribution in [0.5, 0.6) is 0 Å². The van der Waals surface area contributed by atoms with Crippen molar-refractivity contribution in [1.82, 2.24) is 0 Å². The highest BCUT2D eigenvalue weighted by atomic mass is 16.1. The fraction of sp³-hybridized carbons (Fsp3) is 0.533. The number of hydrogen-bond donors (Lipinski definition) is 2. The Balaban J connectivity index is 2.53. The molecule has 0 aromatic heterocycles. The van der Waals surface area contributed by atoms with Crippen molar-refractivity contribution in [1.29, 1.82) is 0 Å². The summed E-state index contributed by atoms with van der Waals surface area (Å²) in [6.45, 7) is 4.41. The lowest BCUT2D eigenvalue weighted by molar-refractivity contribution is -0.118. The number of benzene rings is 1. The minimum atomic E-state index is -0.255. The molecule has 4 N–H and O–H groups in total. The largest absolute Gasteiger partial charge is 0.370 e. The molecule has 2 unspecified atom stereocenters. The zero-order valence-corrected chi connectivity index (χ0v) is 11.4. The number of amides is 1. The molecule has 0 spiro atoms. The van der Waals surface area contributed by atoms with Crippen LogP contribution >= 0.6 is 0 Å². The lowest BCUT2D eigenvalue weighted by Gasteiger charge is -2.14. The summed E-state index contributed by atoms with van der Waals surface area (Å²) in [5.74, 6) is 0.333. The number of nitrogens with two attached hydrogens (primary N) is 2. The maximum Gasteiger partial charge on any atom is 0.217 e. The summed E-state index contributed by atoms with van der Waals surface area (Å²) in [5, 5.41) is 0. The Morgan fingerprint density at radius 1 is 1.22 bits per heavy atom. The Kier molecular flexibility index (Phi) is 5.86. The summed E-state index contributed by atoms with van der Waals surface area (Å²) in [6.07, 6.45) is 3.11. The number of hydrogen-bond acceptors (Lipinski definition) is 2. The van der Waals surface area contributed by atoms with E-state index < -0.39 is 0 Å². The molecular formula is C15H24N2O. The molecule has 0 aliphatic heterocycles. The van der Waals surface area contributed by atoms with Crippen LogP contribution in [0.15, 0.2) is 24.3 Å². The van der Waals surface area contributed by atoms with E-state index >= 15 is 0 Å². The standard InChI is InChI=1S/C15H24N2O/c1-3-11(2)12-7-9-13(10-8-12)14(16)5-4-6-15(17)18/h7-11,14H,3-6,16H2,1-2H3,(H2,17,18). The van der Waals surface area contributed by atoms with Crippen LogP contribution < -0.4 is 11.5 Å². The fourth-order valence-electron chi connectivity index (χ4n) is 1.97. The molecule has 0 aliphatic carbocycles. The molecule has 1 amide bonds. The molecule has 18 heavy (non-hydrogen) atoms. The molecule has 2 atom stereocenters. The third-order valence-electron chi connectivity index (χ3n) is 3.48. The summed E-state index contributed by atoms with van der Waals surface area (Å²) in [7, 11) is 0. The van der Waals surface area contributed by atoms with Crippen molar-refractivity contribution < 1.29 is 4.79 Å². The second-order valence-electron chi connectivity index (χ2n) is 4.94. The average molecular weight is 248 g/mol. The maximum atomic E-state index is 10.7. The molecule has 1 aromatic carbocycles. The van der Waals surface area contributed by atoms with Crippen molar-refractivity contribution in [3.05, 3.63) is 35.4 Å². The van der Waals surface area contributed by atoms with Gasteiger partial charge in [0.05, 0.1) is 0 Å². The fourth-order valence-corrected chi connectivity index (χ4v) is 1.97. The molecule has 1 rings (SSSR count). The zero-order valence-electron chi connectivity index (χ0n) is 11.4.